The van der Waals surface area contributed by atoms with Crippen molar-refractivity contribution in [2.45, 2.75) is 6.10 Å². The van der Waals surface area contributed by atoms with Gasteiger partial charge < -0.3 is 11.0 Å². The summed E-state index contributed by atoms with van der Waals surface area (Å²) in [5, 5.41) is 0. The molecule has 1 atom stereocenters. The van der Waals surface area contributed by atoms with Gasteiger partial charge in [-0.25, -0.2) is 0 Å². The molecule has 62 valence electrons. The first-order chi connectivity index (χ1) is 4.70. The van der Waals surface area contributed by atoms with Crippen LogP contribution >= 0.6 is 46.0 Å². The topological polar surface area (TPSA) is 21.7 Å². The van der Waals surface area contributed by atoms with E-state index in [4.69, 9.17) is 6.13 Å². The molecule has 0 amide bonds. The molecule has 0 fully saturated rings. The molecule has 1 unspecified atom stereocenters. The zero-order chi connectivity index (χ0) is 7.98. The molecule has 0 radical (unpaired) electrons. The van der Waals surface area contributed by atoms with Crippen LogP contribution in [0.4, 0.5) is 0 Å². The first kappa shape index (κ1) is 11.3. The minimum absolute atomic E-state index is 0.174. The molecular formula is C5H11I2NO2. The number of halogens is 2. The van der Waals surface area contributed by atoms with Gasteiger partial charge in [-0.3, -0.25) is 0 Å². The lowest BCUT2D eigenvalue weighted by Crippen LogP contribution is -2.29. The molecule has 0 rings (SSSR count). The minimum Gasteiger partial charge on any atom is -0.313 e. The van der Waals surface area contributed by atoms with Crippen molar-refractivity contribution in [1.29, 1.82) is 0 Å². The Hall–Kier alpha value is 1.34. The van der Waals surface area contributed by atoms with Crippen LogP contribution in [0, 0.1) is 0 Å². The van der Waals surface area contributed by atoms with E-state index in [0.717, 1.165) is 6.54 Å². The fourth-order valence-electron chi connectivity index (χ4n) is 0.584. The van der Waals surface area contributed by atoms with Crippen molar-refractivity contribution < 1.29 is 6.13 Å². The van der Waals surface area contributed by atoms with Crippen molar-refractivity contribution in [2.24, 2.45) is 0 Å². The predicted molar refractivity (Wildman–Crippen MR) is 57.4 cm³/mol. The van der Waals surface area contributed by atoms with E-state index in [0.29, 0.717) is 6.61 Å². The summed E-state index contributed by atoms with van der Waals surface area (Å²) in [6, 6.07) is 0. The highest BCUT2D eigenvalue weighted by molar-refractivity contribution is 14.1. The second-order valence-corrected chi connectivity index (χ2v) is 3.38. The highest BCUT2D eigenvalue weighted by Crippen LogP contribution is 2.02. The average molecular weight is 371 g/mol. The quantitative estimate of drug-likeness (QED) is 0.687. The summed E-state index contributed by atoms with van der Waals surface area (Å²) in [6.45, 7) is 1.54. The highest BCUT2D eigenvalue weighted by atomic mass is 127. The van der Waals surface area contributed by atoms with Crippen molar-refractivity contribution in [3.8, 4) is 0 Å². The van der Waals surface area contributed by atoms with Gasteiger partial charge in [0.15, 0.2) is 0 Å². The Morgan fingerprint density at radius 3 is 2.30 bits per heavy atom. The van der Waals surface area contributed by atoms with Crippen LogP contribution in [0.3, 0.4) is 0 Å². The Labute approximate surface area is 89.8 Å². The summed E-state index contributed by atoms with van der Waals surface area (Å²) < 4.78 is 10.0. The molecule has 0 aromatic rings. The number of hydrogen-bond donors (Lipinski definition) is 0. The minimum atomic E-state index is 0.174. The first-order valence-electron chi connectivity index (χ1n) is 2.86. The Morgan fingerprint density at radius 2 is 2.00 bits per heavy atom. The Balaban J connectivity index is 3.39. The molecule has 0 aromatic carbocycles. The van der Waals surface area contributed by atoms with Crippen LogP contribution in [0.5, 0.6) is 0 Å². The maximum Gasteiger partial charge on any atom is 0.110 e. The van der Waals surface area contributed by atoms with Gasteiger partial charge in [-0.2, -0.15) is 0 Å². The number of rotatable bonds is 5. The fraction of sp³-hybridized carbons (Fsp3) is 1.00. The Kier molecular flexibility index (Phi) is 7.95. The summed E-state index contributed by atoms with van der Waals surface area (Å²) in [7, 11) is 4.02. The third-order valence-electron chi connectivity index (χ3n) is 0.944. The van der Waals surface area contributed by atoms with E-state index < -0.39 is 0 Å². The van der Waals surface area contributed by atoms with Gasteiger partial charge in [-0.15, -0.1) is 0 Å². The van der Waals surface area contributed by atoms with Crippen molar-refractivity contribution in [1.82, 2.24) is 4.90 Å². The lowest BCUT2D eigenvalue weighted by molar-refractivity contribution is 0.166. The summed E-state index contributed by atoms with van der Waals surface area (Å²) in [5.41, 5.74) is 0. The standard InChI is InChI=1S/C5H11I2NO2/c1-8(2)3-5(10-7)4-9-6/h5H,3-4H2,1-2H3. The number of nitrogens with zero attached hydrogens (tertiary/aromatic N) is 1. The molecular weight excluding hydrogens is 360 g/mol. The lowest BCUT2D eigenvalue weighted by atomic mass is 10.4. The van der Waals surface area contributed by atoms with E-state index in [2.05, 4.69) is 4.90 Å². The van der Waals surface area contributed by atoms with Gasteiger partial charge in [0.1, 0.15) is 52.1 Å². The lowest BCUT2D eigenvalue weighted by Gasteiger charge is -2.16. The molecule has 0 saturated heterocycles. The Bertz CT molecular complexity index is 82.0. The Morgan fingerprint density at radius 1 is 1.40 bits per heavy atom. The molecule has 0 aliphatic heterocycles. The van der Waals surface area contributed by atoms with Crippen molar-refractivity contribution >= 4 is 46.0 Å². The summed E-state index contributed by atoms with van der Waals surface area (Å²) in [4.78, 5) is 2.07. The molecule has 5 heteroatoms. The largest absolute Gasteiger partial charge is 0.313 e. The van der Waals surface area contributed by atoms with E-state index in [1.807, 2.05) is 60.1 Å². The smallest absolute Gasteiger partial charge is 0.110 e. The van der Waals surface area contributed by atoms with Gasteiger partial charge >= 0.3 is 0 Å². The molecule has 3 nitrogen and oxygen atoms in total. The van der Waals surface area contributed by atoms with Crippen LogP contribution in [0.15, 0.2) is 0 Å². The normalized spacial score (nSPS) is 14.1. The molecule has 0 bridgehead atoms. The summed E-state index contributed by atoms with van der Waals surface area (Å²) in [6.07, 6.45) is 0.174. The summed E-state index contributed by atoms with van der Waals surface area (Å²) in [5.74, 6) is 0. The maximum atomic E-state index is 5.10. The number of likely N-dealkylation sites (N-methyl/N-ethyl adjacent to an activating group) is 1. The first-order valence-corrected chi connectivity index (χ1v) is 4.62. The van der Waals surface area contributed by atoms with Gasteiger partial charge in [-0.05, 0) is 14.1 Å². The second kappa shape index (κ2) is 7.01. The molecule has 0 aliphatic carbocycles. The molecule has 0 spiro atoms. The third-order valence-corrected chi connectivity index (χ3v) is 2.02. The van der Waals surface area contributed by atoms with E-state index in [-0.39, 0.29) is 6.10 Å². The monoisotopic (exact) mass is 371 g/mol. The van der Waals surface area contributed by atoms with Crippen molar-refractivity contribution in [3.63, 3.8) is 0 Å². The average Bonchev–Trinajstić information content (AvgIpc) is 1.86. The van der Waals surface area contributed by atoms with Crippen molar-refractivity contribution in [2.75, 3.05) is 27.2 Å². The third kappa shape index (κ3) is 6.08. The van der Waals surface area contributed by atoms with Gasteiger partial charge in [-0.1, -0.05) is 0 Å². The van der Waals surface area contributed by atoms with Crippen LogP contribution < -0.4 is 0 Å². The van der Waals surface area contributed by atoms with E-state index in [9.17, 15) is 0 Å². The fourth-order valence-corrected chi connectivity index (χ4v) is 1.29. The zero-order valence-corrected chi connectivity index (χ0v) is 10.3. The van der Waals surface area contributed by atoms with Crippen LogP contribution in [0.25, 0.3) is 0 Å². The second-order valence-electron chi connectivity index (χ2n) is 2.25. The SMILES string of the molecule is CN(C)CC(COI)OI. The predicted octanol–water partition coefficient (Wildman–Crippen LogP) is 1.65. The zero-order valence-electron chi connectivity index (χ0n) is 6.01. The molecule has 0 saturated carbocycles. The molecule has 0 aromatic heterocycles. The van der Waals surface area contributed by atoms with Crippen LogP contribution in [0.1, 0.15) is 0 Å². The van der Waals surface area contributed by atoms with E-state index in [1.54, 1.807) is 0 Å². The van der Waals surface area contributed by atoms with Crippen LogP contribution in [0.2, 0.25) is 0 Å². The number of hydrogen-bond acceptors (Lipinski definition) is 3. The highest BCUT2D eigenvalue weighted by Gasteiger charge is 2.08. The van der Waals surface area contributed by atoms with Gasteiger partial charge in [0, 0.05) is 6.54 Å². The van der Waals surface area contributed by atoms with Gasteiger partial charge in [0.25, 0.3) is 0 Å². The van der Waals surface area contributed by atoms with Crippen LogP contribution in [-0.4, -0.2) is 38.3 Å². The van der Waals surface area contributed by atoms with Crippen molar-refractivity contribution in [3.05, 3.63) is 0 Å². The molecule has 10 heavy (non-hydrogen) atoms. The summed E-state index contributed by atoms with van der Waals surface area (Å²) >= 11 is 3.77. The van der Waals surface area contributed by atoms with Crippen LogP contribution in [-0.2, 0) is 6.13 Å². The maximum absolute atomic E-state index is 5.10. The molecule has 0 heterocycles. The molecule has 0 N–H and O–H groups in total. The van der Waals surface area contributed by atoms with E-state index >= 15 is 0 Å². The van der Waals surface area contributed by atoms with Gasteiger partial charge in [0.2, 0.25) is 0 Å². The van der Waals surface area contributed by atoms with E-state index in [1.165, 1.54) is 0 Å². The molecule has 0 aliphatic rings. The van der Waals surface area contributed by atoms with Gasteiger partial charge in [0.05, 0.1) is 6.61 Å².